The van der Waals surface area contributed by atoms with E-state index < -0.39 is 5.97 Å². The van der Waals surface area contributed by atoms with Crippen molar-refractivity contribution in [2.45, 2.75) is 25.8 Å². The van der Waals surface area contributed by atoms with E-state index >= 15 is 0 Å². The van der Waals surface area contributed by atoms with Gasteiger partial charge < -0.3 is 10.2 Å². The van der Waals surface area contributed by atoms with Gasteiger partial charge in [-0.2, -0.15) is 5.90 Å². The summed E-state index contributed by atoms with van der Waals surface area (Å²) in [6.45, 7) is 1.99. The van der Waals surface area contributed by atoms with E-state index in [0.29, 0.717) is 0 Å². The molecule has 0 aliphatic rings. The smallest absolute Gasteiger partial charge is 0.341 e. The van der Waals surface area contributed by atoms with Crippen molar-refractivity contribution in [1.29, 1.82) is 0 Å². The minimum atomic E-state index is -0.399. The molecule has 0 amide bonds. The number of nitrogens with one attached hydrogen (secondary N) is 1. The Kier molecular flexibility index (Phi) is 4.88. The second-order valence-electron chi connectivity index (χ2n) is 2.07. The van der Waals surface area contributed by atoms with Crippen LogP contribution >= 0.6 is 0 Å². The van der Waals surface area contributed by atoms with Crippen molar-refractivity contribution in [3.8, 4) is 0 Å². The molecule has 0 saturated carbocycles. The van der Waals surface area contributed by atoms with Gasteiger partial charge in [0.05, 0.1) is 0 Å². The first-order valence-corrected chi connectivity index (χ1v) is 3.34. The van der Waals surface area contributed by atoms with Crippen molar-refractivity contribution < 1.29 is 9.63 Å². The highest BCUT2D eigenvalue weighted by Crippen LogP contribution is 1.96. The molecule has 4 heteroatoms. The Balaban J connectivity index is 3.68. The van der Waals surface area contributed by atoms with Crippen LogP contribution in [0.15, 0.2) is 0 Å². The summed E-state index contributed by atoms with van der Waals surface area (Å²) >= 11 is 0. The number of hydrogen-bond donors (Lipinski definition) is 2. The molecule has 10 heavy (non-hydrogen) atoms. The lowest BCUT2D eigenvalue weighted by Gasteiger charge is -2.10. The second-order valence-corrected chi connectivity index (χ2v) is 2.07. The summed E-state index contributed by atoms with van der Waals surface area (Å²) in [5.41, 5.74) is 0. The summed E-state index contributed by atoms with van der Waals surface area (Å²) in [4.78, 5) is 14.8. The van der Waals surface area contributed by atoms with Crippen LogP contribution in [0.3, 0.4) is 0 Å². The predicted octanol–water partition coefficient (Wildman–Crippen LogP) is -0.209. The molecule has 0 bridgehead atoms. The molecule has 60 valence electrons. The SMILES string of the molecule is CCCC(NC)C(=O)ON. The van der Waals surface area contributed by atoms with Crippen LogP contribution in [0.5, 0.6) is 0 Å². The van der Waals surface area contributed by atoms with Gasteiger partial charge in [0.2, 0.25) is 0 Å². The number of hydrogen-bond acceptors (Lipinski definition) is 4. The van der Waals surface area contributed by atoms with Crippen molar-refractivity contribution in [3.05, 3.63) is 0 Å². The van der Waals surface area contributed by atoms with Gasteiger partial charge in [0.25, 0.3) is 0 Å². The lowest BCUT2D eigenvalue weighted by molar-refractivity contribution is -0.146. The molecular formula is C6H14N2O2. The normalized spacial score (nSPS) is 12.7. The summed E-state index contributed by atoms with van der Waals surface area (Å²) in [5.74, 6) is 4.29. The largest absolute Gasteiger partial charge is 0.372 e. The maximum atomic E-state index is 10.7. The molecule has 1 atom stereocenters. The van der Waals surface area contributed by atoms with Gasteiger partial charge in [-0.15, -0.1) is 0 Å². The summed E-state index contributed by atoms with van der Waals surface area (Å²) in [6, 6.07) is -0.255. The summed E-state index contributed by atoms with van der Waals surface area (Å²) in [6.07, 6.45) is 1.69. The predicted molar refractivity (Wildman–Crippen MR) is 38.0 cm³/mol. The first-order valence-electron chi connectivity index (χ1n) is 3.34. The molecule has 0 aromatic carbocycles. The third-order valence-electron chi connectivity index (χ3n) is 1.33. The van der Waals surface area contributed by atoms with Crippen molar-refractivity contribution in [2.75, 3.05) is 7.05 Å². The van der Waals surface area contributed by atoms with Gasteiger partial charge in [0, 0.05) is 0 Å². The lowest BCUT2D eigenvalue weighted by atomic mass is 10.2. The molecule has 0 aromatic rings. The van der Waals surface area contributed by atoms with Gasteiger partial charge in [-0.1, -0.05) is 13.3 Å². The Morgan fingerprint density at radius 2 is 2.40 bits per heavy atom. The molecule has 0 aromatic heterocycles. The monoisotopic (exact) mass is 146 g/mol. The van der Waals surface area contributed by atoms with E-state index in [2.05, 4.69) is 16.1 Å². The Bertz CT molecular complexity index is 106. The molecule has 0 heterocycles. The number of nitrogens with two attached hydrogens (primary N) is 1. The van der Waals surface area contributed by atoms with Crippen LogP contribution in [-0.2, 0) is 9.63 Å². The van der Waals surface area contributed by atoms with Crippen LogP contribution in [0.25, 0.3) is 0 Å². The van der Waals surface area contributed by atoms with Gasteiger partial charge >= 0.3 is 5.97 Å². The highest BCUT2D eigenvalue weighted by atomic mass is 16.7. The van der Waals surface area contributed by atoms with Gasteiger partial charge in [-0.05, 0) is 13.5 Å². The fraction of sp³-hybridized carbons (Fsp3) is 0.833. The van der Waals surface area contributed by atoms with Crippen LogP contribution in [0, 0.1) is 0 Å². The third-order valence-corrected chi connectivity index (χ3v) is 1.33. The zero-order valence-electron chi connectivity index (χ0n) is 6.39. The van der Waals surface area contributed by atoms with E-state index in [4.69, 9.17) is 0 Å². The first-order chi connectivity index (χ1) is 4.76. The van der Waals surface area contributed by atoms with Crippen LogP contribution < -0.4 is 11.2 Å². The number of carbonyl (C=O) groups excluding carboxylic acids is 1. The highest BCUT2D eigenvalue weighted by Gasteiger charge is 2.14. The second kappa shape index (κ2) is 5.20. The topological polar surface area (TPSA) is 64.3 Å². The van der Waals surface area contributed by atoms with E-state index in [1.807, 2.05) is 6.92 Å². The van der Waals surface area contributed by atoms with Gasteiger partial charge in [0.15, 0.2) is 0 Å². The molecular weight excluding hydrogens is 132 g/mol. The zero-order valence-corrected chi connectivity index (χ0v) is 6.39. The molecule has 0 aliphatic carbocycles. The van der Waals surface area contributed by atoms with Gasteiger partial charge in [0.1, 0.15) is 6.04 Å². The molecule has 4 nitrogen and oxygen atoms in total. The van der Waals surface area contributed by atoms with Crippen LogP contribution in [0.4, 0.5) is 0 Å². The molecule has 1 unspecified atom stereocenters. The number of likely N-dealkylation sites (N-methyl/N-ethyl adjacent to an activating group) is 1. The average molecular weight is 146 g/mol. The minimum absolute atomic E-state index is 0.255. The highest BCUT2D eigenvalue weighted by molar-refractivity contribution is 5.75. The van der Waals surface area contributed by atoms with Gasteiger partial charge in [-0.25, -0.2) is 4.79 Å². The van der Waals surface area contributed by atoms with Crippen molar-refractivity contribution in [2.24, 2.45) is 5.90 Å². The molecule has 0 fully saturated rings. The number of carbonyl (C=O) groups is 1. The van der Waals surface area contributed by atoms with E-state index in [0.717, 1.165) is 12.8 Å². The molecule has 0 aliphatic heterocycles. The number of rotatable bonds is 4. The fourth-order valence-corrected chi connectivity index (χ4v) is 0.751. The van der Waals surface area contributed by atoms with E-state index in [1.165, 1.54) is 0 Å². The van der Waals surface area contributed by atoms with Crippen molar-refractivity contribution in [1.82, 2.24) is 5.32 Å². The van der Waals surface area contributed by atoms with Gasteiger partial charge in [-0.3, -0.25) is 0 Å². The molecule has 0 radical (unpaired) electrons. The quantitative estimate of drug-likeness (QED) is 0.539. The van der Waals surface area contributed by atoms with Crippen molar-refractivity contribution >= 4 is 5.97 Å². The van der Waals surface area contributed by atoms with Crippen molar-refractivity contribution in [3.63, 3.8) is 0 Å². The van der Waals surface area contributed by atoms with Crippen LogP contribution in [-0.4, -0.2) is 19.1 Å². The minimum Gasteiger partial charge on any atom is -0.372 e. The Morgan fingerprint density at radius 1 is 1.80 bits per heavy atom. The third kappa shape index (κ3) is 2.80. The standard InChI is InChI=1S/C6H14N2O2/c1-3-4-5(8-2)6(9)10-7/h5,8H,3-4,7H2,1-2H3. The Labute approximate surface area is 60.7 Å². The molecule has 0 saturated heterocycles. The van der Waals surface area contributed by atoms with E-state index in [9.17, 15) is 4.79 Å². The van der Waals surface area contributed by atoms with E-state index in [-0.39, 0.29) is 6.04 Å². The van der Waals surface area contributed by atoms with Crippen LogP contribution in [0.2, 0.25) is 0 Å². The summed E-state index contributed by atoms with van der Waals surface area (Å²) in [7, 11) is 1.71. The lowest BCUT2D eigenvalue weighted by Crippen LogP contribution is -2.36. The summed E-state index contributed by atoms with van der Waals surface area (Å²) in [5, 5.41) is 2.80. The maximum absolute atomic E-state index is 10.7. The zero-order chi connectivity index (χ0) is 7.98. The fourth-order valence-electron chi connectivity index (χ4n) is 0.751. The van der Waals surface area contributed by atoms with E-state index in [1.54, 1.807) is 7.05 Å². The van der Waals surface area contributed by atoms with Crippen LogP contribution in [0.1, 0.15) is 19.8 Å². The Hall–Kier alpha value is -0.610. The summed E-state index contributed by atoms with van der Waals surface area (Å²) < 4.78 is 0. The first kappa shape index (κ1) is 9.39. The average Bonchev–Trinajstić information content (AvgIpc) is 1.99. The maximum Gasteiger partial charge on any atom is 0.341 e. The Morgan fingerprint density at radius 3 is 2.70 bits per heavy atom. The molecule has 0 rings (SSSR count). The molecule has 3 N–H and O–H groups in total. The molecule has 0 spiro atoms.